The minimum atomic E-state index is -3.01. The molecule has 3 aromatic rings. The highest BCUT2D eigenvalue weighted by Gasteiger charge is 2.39. The molecule has 1 aromatic carbocycles. The van der Waals surface area contributed by atoms with Crippen LogP contribution in [0.15, 0.2) is 48.8 Å². The Morgan fingerprint density at radius 1 is 1.15 bits per heavy atom. The predicted octanol–water partition coefficient (Wildman–Crippen LogP) is 3.17. The van der Waals surface area contributed by atoms with Gasteiger partial charge in [-0.1, -0.05) is 12.1 Å². The summed E-state index contributed by atoms with van der Waals surface area (Å²) in [6.07, 6.45) is 2.59. The van der Waals surface area contributed by atoms with Gasteiger partial charge in [-0.3, -0.25) is 4.79 Å². The van der Waals surface area contributed by atoms with Crippen molar-refractivity contribution < 1.29 is 22.0 Å². The van der Waals surface area contributed by atoms with Crippen LogP contribution in [0.25, 0.3) is 16.9 Å². The van der Waals surface area contributed by atoms with Gasteiger partial charge in [-0.05, 0) is 49.1 Å². The number of hydrogen-bond donors (Lipinski definition) is 1. The molecule has 1 saturated heterocycles. The van der Waals surface area contributed by atoms with Crippen LogP contribution in [0.3, 0.4) is 0 Å². The number of sulfone groups is 1. The molecule has 2 aliphatic rings. The number of carbonyl (C=O) groups excluding carboxylic acids is 1. The summed E-state index contributed by atoms with van der Waals surface area (Å²) in [5, 5.41) is 16.1. The summed E-state index contributed by atoms with van der Waals surface area (Å²) in [7, 11) is -3.01. The standard InChI is InChI=1S/C27H28F2N6O3S/c28-19-5-8-21(22(16-19)27(36)32-11-9-30)25-23(17-35(33-25)26-24(29)2-1-10-31-26)18-3-6-20(7-4-18)34-12-14-39(37,38)15-13-34/h1-4,6-7,10,17,19,21-22H,5,8,11-16H2,(H,32,36)/t19-,21+,22?/m0/s1. The number of aromatic nitrogens is 3. The van der Waals surface area contributed by atoms with Crippen LogP contribution in [-0.4, -0.2) is 66.4 Å². The maximum absolute atomic E-state index is 14.7. The van der Waals surface area contributed by atoms with E-state index in [0.717, 1.165) is 11.3 Å². The van der Waals surface area contributed by atoms with Gasteiger partial charge in [0, 0.05) is 48.6 Å². The fraction of sp³-hybridized carbons (Fsp3) is 0.407. The lowest BCUT2D eigenvalue weighted by molar-refractivity contribution is -0.127. The SMILES string of the molecule is N#CCNC(=O)C1C[C@@H](F)CC[C@H]1c1nn(-c2ncccc2F)cc1-c1ccc(N2CCS(=O)(=O)CC2)cc1. The molecule has 3 atom stereocenters. The molecular formula is C27H28F2N6O3S. The number of carbonyl (C=O) groups is 1. The van der Waals surface area contributed by atoms with Crippen LogP contribution in [0.1, 0.15) is 30.9 Å². The number of hydrogen-bond acceptors (Lipinski definition) is 7. The molecule has 12 heteroatoms. The van der Waals surface area contributed by atoms with Crippen molar-refractivity contribution in [2.75, 3.05) is 36.0 Å². The molecule has 39 heavy (non-hydrogen) atoms. The lowest BCUT2D eigenvalue weighted by atomic mass is 9.75. The van der Waals surface area contributed by atoms with Crippen molar-refractivity contribution in [1.29, 1.82) is 5.26 Å². The Morgan fingerprint density at radius 3 is 2.59 bits per heavy atom. The quantitative estimate of drug-likeness (QED) is 0.465. The van der Waals surface area contributed by atoms with Crippen molar-refractivity contribution in [2.24, 2.45) is 5.92 Å². The lowest BCUT2D eigenvalue weighted by Crippen LogP contribution is -2.40. The monoisotopic (exact) mass is 554 g/mol. The second-order valence-corrected chi connectivity index (χ2v) is 12.2. The lowest BCUT2D eigenvalue weighted by Gasteiger charge is -2.32. The fourth-order valence-electron chi connectivity index (χ4n) is 5.35. The van der Waals surface area contributed by atoms with Crippen LogP contribution in [0, 0.1) is 23.1 Å². The largest absolute Gasteiger partial charge is 0.369 e. The average Bonchev–Trinajstić information content (AvgIpc) is 3.37. The van der Waals surface area contributed by atoms with E-state index in [0.29, 0.717) is 30.8 Å². The van der Waals surface area contributed by atoms with Crippen LogP contribution in [-0.2, 0) is 14.6 Å². The first-order valence-electron chi connectivity index (χ1n) is 12.8. The molecule has 1 amide bonds. The van der Waals surface area contributed by atoms with Crippen LogP contribution >= 0.6 is 0 Å². The number of nitrogens with zero attached hydrogens (tertiary/aromatic N) is 5. The van der Waals surface area contributed by atoms with Gasteiger partial charge in [0.1, 0.15) is 12.7 Å². The second kappa shape index (κ2) is 11.1. The summed E-state index contributed by atoms with van der Waals surface area (Å²) in [5.74, 6) is -1.96. The molecule has 1 N–H and O–H groups in total. The molecule has 9 nitrogen and oxygen atoms in total. The van der Waals surface area contributed by atoms with Gasteiger partial charge in [0.25, 0.3) is 0 Å². The number of anilines is 1. The van der Waals surface area contributed by atoms with Crippen molar-refractivity contribution >= 4 is 21.4 Å². The van der Waals surface area contributed by atoms with Gasteiger partial charge in [0.05, 0.1) is 23.3 Å². The van der Waals surface area contributed by atoms with Gasteiger partial charge >= 0.3 is 0 Å². The number of nitrogens with one attached hydrogen (secondary N) is 1. The van der Waals surface area contributed by atoms with Crippen molar-refractivity contribution in [3.63, 3.8) is 0 Å². The number of nitriles is 1. The summed E-state index contributed by atoms with van der Waals surface area (Å²) in [6.45, 7) is 0.643. The zero-order valence-electron chi connectivity index (χ0n) is 21.1. The van der Waals surface area contributed by atoms with Gasteiger partial charge in [-0.2, -0.15) is 10.4 Å². The van der Waals surface area contributed by atoms with Gasteiger partial charge in [-0.15, -0.1) is 0 Å². The maximum Gasteiger partial charge on any atom is 0.224 e. The summed E-state index contributed by atoms with van der Waals surface area (Å²) in [6, 6.07) is 12.2. The molecule has 1 unspecified atom stereocenters. The molecule has 1 aliphatic heterocycles. The van der Waals surface area contributed by atoms with Crippen molar-refractivity contribution in [3.05, 3.63) is 60.3 Å². The molecule has 0 bridgehead atoms. The number of halogens is 2. The van der Waals surface area contributed by atoms with Crippen LogP contribution in [0.5, 0.6) is 0 Å². The summed E-state index contributed by atoms with van der Waals surface area (Å²) < 4.78 is 54.1. The van der Waals surface area contributed by atoms with Crippen LogP contribution < -0.4 is 10.2 Å². The molecule has 5 rings (SSSR count). The van der Waals surface area contributed by atoms with E-state index in [4.69, 9.17) is 5.26 Å². The molecule has 1 aliphatic carbocycles. The maximum atomic E-state index is 14.7. The zero-order valence-corrected chi connectivity index (χ0v) is 21.9. The van der Waals surface area contributed by atoms with E-state index >= 15 is 0 Å². The number of rotatable bonds is 6. The molecule has 1 saturated carbocycles. The highest BCUT2D eigenvalue weighted by molar-refractivity contribution is 7.91. The number of benzene rings is 1. The second-order valence-electron chi connectivity index (χ2n) is 9.87. The molecule has 2 aromatic heterocycles. The zero-order chi connectivity index (χ0) is 27.6. The number of amides is 1. The molecule has 3 heterocycles. The van der Waals surface area contributed by atoms with Crippen LogP contribution in [0.2, 0.25) is 0 Å². The number of alkyl halides is 1. The predicted molar refractivity (Wildman–Crippen MR) is 141 cm³/mol. The van der Waals surface area contributed by atoms with Gasteiger partial charge in [-0.25, -0.2) is 26.9 Å². The Hall–Kier alpha value is -3.85. The van der Waals surface area contributed by atoms with Crippen molar-refractivity contribution in [1.82, 2.24) is 20.1 Å². The third-order valence-corrected chi connectivity index (χ3v) is 9.01. The first-order valence-corrected chi connectivity index (χ1v) is 14.6. The molecule has 204 valence electrons. The van der Waals surface area contributed by atoms with E-state index in [9.17, 15) is 22.0 Å². The van der Waals surface area contributed by atoms with E-state index < -0.39 is 39.6 Å². The Bertz CT molecular complexity index is 1490. The van der Waals surface area contributed by atoms with E-state index in [1.165, 1.54) is 23.0 Å². The van der Waals surface area contributed by atoms with E-state index in [1.807, 2.05) is 35.2 Å². The average molecular weight is 555 g/mol. The minimum absolute atomic E-state index is 0.000746. The summed E-state index contributed by atoms with van der Waals surface area (Å²) in [5.41, 5.74) is 2.83. The Balaban J connectivity index is 1.53. The highest BCUT2D eigenvalue weighted by atomic mass is 32.2. The Morgan fingerprint density at radius 2 is 1.90 bits per heavy atom. The van der Waals surface area contributed by atoms with Crippen molar-refractivity contribution in [3.8, 4) is 23.0 Å². The van der Waals surface area contributed by atoms with Gasteiger partial charge in [0.15, 0.2) is 21.5 Å². The fourth-order valence-corrected chi connectivity index (χ4v) is 6.56. The molecule has 2 fully saturated rings. The first-order chi connectivity index (χ1) is 18.8. The first kappa shape index (κ1) is 26.7. The van der Waals surface area contributed by atoms with E-state index in [1.54, 1.807) is 6.20 Å². The Labute approximate surface area is 225 Å². The van der Waals surface area contributed by atoms with Gasteiger partial charge < -0.3 is 10.2 Å². The van der Waals surface area contributed by atoms with Crippen molar-refractivity contribution in [2.45, 2.75) is 31.4 Å². The normalized spacial score (nSPS) is 22.7. The third kappa shape index (κ3) is 5.78. The van der Waals surface area contributed by atoms with Crippen LogP contribution in [0.4, 0.5) is 14.5 Å². The molecule has 0 radical (unpaired) electrons. The summed E-state index contributed by atoms with van der Waals surface area (Å²) >= 11 is 0. The van der Waals surface area contributed by atoms with Gasteiger partial charge in [0.2, 0.25) is 5.91 Å². The van der Waals surface area contributed by atoms with E-state index in [-0.39, 0.29) is 36.7 Å². The topological polar surface area (TPSA) is 121 Å². The highest BCUT2D eigenvalue weighted by Crippen LogP contribution is 2.42. The molecular weight excluding hydrogens is 526 g/mol. The Kier molecular flexibility index (Phi) is 7.61. The van der Waals surface area contributed by atoms with E-state index in [2.05, 4.69) is 15.4 Å². The number of pyridine rings is 1. The summed E-state index contributed by atoms with van der Waals surface area (Å²) in [4.78, 5) is 19.1. The third-order valence-electron chi connectivity index (χ3n) is 7.40. The molecule has 0 spiro atoms. The smallest absolute Gasteiger partial charge is 0.224 e. The minimum Gasteiger partial charge on any atom is -0.369 e.